The number of para-hydroxylation sites is 1. The fourth-order valence-electron chi connectivity index (χ4n) is 6.32. The topological polar surface area (TPSA) is 44.9 Å². The Morgan fingerprint density at radius 2 is 1.45 bits per heavy atom. The minimum atomic E-state index is 0.0167. The number of hydrogen-bond donors (Lipinski definition) is 0. The van der Waals surface area contributed by atoms with Crippen molar-refractivity contribution in [2.24, 2.45) is 0 Å². The molecular formula is C39H36N4O. The van der Waals surface area contributed by atoms with Crippen molar-refractivity contribution in [2.45, 2.75) is 47.0 Å². The summed E-state index contributed by atoms with van der Waals surface area (Å²) in [4.78, 5) is 4.81. The van der Waals surface area contributed by atoms with Crippen LogP contribution < -0.4 is 4.74 Å². The predicted octanol–water partition coefficient (Wildman–Crippen LogP) is 10.0. The molecule has 5 heteroatoms. The maximum Gasteiger partial charge on any atom is 0.137 e. The Morgan fingerprint density at radius 3 is 2.25 bits per heavy atom. The van der Waals surface area contributed by atoms with Crippen LogP contribution in [0.25, 0.3) is 44.4 Å². The van der Waals surface area contributed by atoms with Gasteiger partial charge in [-0.05, 0) is 90.9 Å². The second-order valence-electron chi connectivity index (χ2n) is 12.7. The van der Waals surface area contributed by atoms with Crippen LogP contribution in [0.15, 0.2) is 110 Å². The summed E-state index contributed by atoms with van der Waals surface area (Å²) in [5.74, 6) is 2.41. The summed E-state index contributed by atoms with van der Waals surface area (Å²) >= 11 is 0. The first kappa shape index (κ1) is 27.7. The van der Waals surface area contributed by atoms with Crippen LogP contribution in [0, 0.1) is 20.8 Å². The van der Waals surface area contributed by atoms with Crippen molar-refractivity contribution in [3.05, 3.63) is 132 Å². The Labute approximate surface area is 258 Å². The molecule has 3 heterocycles. The zero-order valence-electron chi connectivity index (χ0n) is 26.1. The Balaban J connectivity index is 1.26. The van der Waals surface area contributed by atoms with Gasteiger partial charge in [-0.25, -0.2) is 9.67 Å². The van der Waals surface area contributed by atoms with Gasteiger partial charge in [0, 0.05) is 40.9 Å². The van der Waals surface area contributed by atoms with Crippen molar-refractivity contribution in [1.29, 1.82) is 0 Å². The number of benzene rings is 4. The number of ether oxygens (including phenoxy) is 1. The van der Waals surface area contributed by atoms with Crippen LogP contribution in [0.2, 0.25) is 0 Å². The first-order valence-corrected chi connectivity index (χ1v) is 15.1. The molecule has 4 aromatic carbocycles. The second kappa shape index (κ2) is 10.5. The monoisotopic (exact) mass is 576 g/mol. The highest BCUT2D eigenvalue weighted by molar-refractivity contribution is 6.09. The molecule has 0 fully saturated rings. The molecule has 0 atom stereocenters. The quantitative estimate of drug-likeness (QED) is 0.205. The lowest BCUT2D eigenvalue weighted by Gasteiger charge is -2.20. The van der Waals surface area contributed by atoms with Gasteiger partial charge in [-0.15, -0.1) is 0 Å². The highest BCUT2D eigenvalue weighted by Crippen LogP contribution is 2.36. The van der Waals surface area contributed by atoms with E-state index in [0.717, 1.165) is 45.0 Å². The lowest BCUT2D eigenvalue weighted by atomic mass is 9.88. The molecule has 7 rings (SSSR count). The van der Waals surface area contributed by atoms with Crippen molar-refractivity contribution in [3.63, 3.8) is 0 Å². The Morgan fingerprint density at radius 1 is 0.705 bits per heavy atom. The number of pyridine rings is 1. The summed E-state index contributed by atoms with van der Waals surface area (Å²) in [5, 5.41) is 7.05. The first-order chi connectivity index (χ1) is 21.2. The van der Waals surface area contributed by atoms with Crippen molar-refractivity contribution in [1.82, 2.24) is 19.3 Å². The summed E-state index contributed by atoms with van der Waals surface area (Å²) in [6.07, 6.45) is 5.94. The van der Waals surface area contributed by atoms with Gasteiger partial charge in [0.1, 0.15) is 17.3 Å². The van der Waals surface area contributed by atoms with Crippen molar-refractivity contribution in [3.8, 4) is 34.1 Å². The van der Waals surface area contributed by atoms with Gasteiger partial charge in [0.25, 0.3) is 0 Å². The summed E-state index contributed by atoms with van der Waals surface area (Å²) < 4.78 is 10.6. The van der Waals surface area contributed by atoms with Gasteiger partial charge in [-0.3, -0.25) is 4.57 Å². The van der Waals surface area contributed by atoms with E-state index in [0.29, 0.717) is 0 Å². The van der Waals surface area contributed by atoms with Crippen LogP contribution in [-0.4, -0.2) is 19.3 Å². The average Bonchev–Trinajstić information content (AvgIpc) is 3.59. The minimum absolute atomic E-state index is 0.0167. The lowest BCUT2D eigenvalue weighted by molar-refractivity contribution is 0.483. The maximum absolute atomic E-state index is 6.48. The summed E-state index contributed by atoms with van der Waals surface area (Å²) in [6.45, 7) is 13.1. The maximum atomic E-state index is 6.48. The Bertz CT molecular complexity index is 2150. The SMILES string of the molecule is Cc1cc(C)c(-c2cnn(-c3cccc(Oc4ccc5c6ccccc6n(-c6cc(C(C)(C)C)ccn6)c5c4)c3)c2)c(C)c1. The number of rotatable bonds is 5. The van der Waals surface area contributed by atoms with Gasteiger partial charge >= 0.3 is 0 Å². The van der Waals surface area contributed by atoms with Crippen molar-refractivity contribution >= 4 is 21.8 Å². The standard InChI is InChI=1S/C39H36N4O/c1-25-18-26(2)38(27(3)19-25)28-23-41-42(24-28)30-10-9-11-31(21-30)44-32-14-15-34-33-12-7-8-13-35(33)43(36(34)22-32)37-20-29(16-17-40-37)39(4,5)6/h7-24H,1-6H3. The fraction of sp³-hybridized carbons (Fsp3) is 0.179. The summed E-state index contributed by atoms with van der Waals surface area (Å²) in [6, 6.07) is 31.6. The molecular weight excluding hydrogens is 540 g/mol. The highest BCUT2D eigenvalue weighted by Gasteiger charge is 2.18. The third-order valence-electron chi connectivity index (χ3n) is 8.35. The molecule has 0 spiro atoms. The normalized spacial score (nSPS) is 11.9. The molecule has 7 aromatic rings. The van der Waals surface area contributed by atoms with E-state index in [-0.39, 0.29) is 5.41 Å². The molecule has 44 heavy (non-hydrogen) atoms. The van der Waals surface area contributed by atoms with Gasteiger partial charge in [0.2, 0.25) is 0 Å². The van der Waals surface area contributed by atoms with Crippen molar-refractivity contribution < 1.29 is 4.74 Å². The van der Waals surface area contributed by atoms with Crippen LogP contribution in [0.4, 0.5) is 0 Å². The molecule has 0 bridgehead atoms. The molecule has 0 unspecified atom stereocenters. The third kappa shape index (κ3) is 4.94. The van der Waals surface area contributed by atoms with E-state index in [1.165, 1.54) is 33.2 Å². The van der Waals surface area contributed by atoms with Gasteiger partial charge in [-0.2, -0.15) is 5.10 Å². The van der Waals surface area contributed by atoms with Crippen molar-refractivity contribution in [2.75, 3.05) is 0 Å². The van der Waals surface area contributed by atoms with Gasteiger partial charge in [-0.1, -0.05) is 62.7 Å². The Kier molecular flexibility index (Phi) is 6.62. The van der Waals surface area contributed by atoms with E-state index in [1.807, 2.05) is 47.4 Å². The molecule has 0 radical (unpaired) electrons. The van der Waals surface area contributed by atoms with E-state index in [9.17, 15) is 0 Å². The van der Waals surface area contributed by atoms with Gasteiger partial charge in [0.15, 0.2) is 0 Å². The van der Waals surface area contributed by atoms with Crippen LogP contribution in [-0.2, 0) is 5.41 Å². The van der Waals surface area contributed by atoms with Crippen LogP contribution in [0.1, 0.15) is 43.0 Å². The first-order valence-electron chi connectivity index (χ1n) is 15.1. The lowest BCUT2D eigenvalue weighted by Crippen LogP contribution is -2.12. The smallest absolute Gasteiger partial charge is 0.137 e. The molecule has 218 valence electrons. The number of hydrogen-bond acceptors (Lipinski definition) is 3. The fourth-order valence-corrected chi connectivity index (χ4v) is 6.32. The molecule has 3 aromatic heterocycles. The van der Waals surface area contributed by atoms with Gasteiger partial charge in [0.05, 0.1) is 22.9 Å². The van der Waals surface area contributed by atoms with E-state index in [1.54, 1.807) is 0 Å². The number of nitrogens with zero attached hydrogens (tertiary/aromatic N) is 4. The summed E-state index contributed by atoms with van der Waals surface area (Å²) in [7, 11) is 0. The van der Waals surface area contributed by atoms with Gasteiger partial charge < -0.3 is 4.74 Å². The molecule has 0 saturated heterocycles. The number of aromatic nitrogens is 4. The highest BCUT2D eigenvalue weighted by atomic mass is 16.5. The molecule has 0 N–H and O–H groups in total. The van der Waals surface area contributed by atoms with E-state index >= 15 is 0 Å². The average molecular weight is 577 g/mol. The predicted molar refractivity (Wildman–Crippen MR) is 181 cm³/mol. The van der Waals surface area contributed by atoms with Crippen LogP contribution in [0.3, 0.4) is 0 Å². The molecule has 0 saturated carbocycles. The van der Waals surface area contributed by atoms with E-state index < -0.39 is 0 Å². The third-order valence-corrected chi connectivity index (χ3v) is 8.35. The second-order valence-corrected chi connectivity index (χ2v) is 12.7. The largest absolute Gasteiger partial charge is 0.457 e. The molecule has 5 nitrogen and oxygen atoms in total. The minimum Gasteiger partial charge on any atom is -0.457 e. The van der Waals surface area contributed by atoms with E-state index in [2.05, 4.69) is 113 Å². The molecule has 0 aliphatic heterocycles. The van der Waals surface area contributed by atoms with Crippen LogP contribution in [0.5, 0.6) is 11.5 Å². The van der Waals surface area contributed by atoms with E-state index in [4.69, 9.17) is 14.8 Å². The molecule has 0 aliphatic rings. The van der Waals surface area contributed by atoms with Crippen LogP contribution >= 0.6 is 0 Å². The summed E-state index contributed by atoms with van der Waals surface area (Å²) in [5.41, 5.74) is 10.5. The zero-order chi connectivity index (χ0) is 30.6. The zero-order valence-corrected chi connectivity index (χ0v) is 26.1. The Hall–Kier alpha value is -5.16. The molecule has 0 aliphatic carbocycles. The number of aryl methyl sites for hydroxylation is 3. The number of fused-ring (bicyclic) bond motifs is 3. The molecule has 0 amide bonds.